The fourth-order valence-corrected chi connectivity index (χ4v) is 1.41. The normalized spacial score (nSPS) is 13.5. The Morgan fingerprint density at radius 2 is 2.18 bits per heavy atom. The van der Waals surface area contributed by atoms with Crippen LogP contribution in [0, 0.1) is 12.3 Å². The zero-order chi connectivity index (χ0) is 13.2. The summed E-state index contributed by atoms with van der Waals surface area (Å²) in [5.41, 5.74) is 1.00. The molecule has 0 aliphatic carbocycles. The molecule has 5 nitrogen and oxygen atoms in total. The van der Waals surface area contributed by atoms with E-state index in [1.807, 2.05) is 20.8 Å². The summed E-state index contributed by atoms with van der Waals surface area (Å²) in [5, 5.41) is 16.6. The van der Waals surface area contributed by atoms with Gasteiger partial charge in [-0.25, -0.2) is 0 Å². The summed E-state index contributed by atoms with van der Waals surface area (Å²) in [6.45, 7) is 7.82. The van der Waals surface area contributed by atoms with Crippen molar-refractivity contribution >= 4 is 5.91 Å². The van der Waals surface area contributed by atoms with E-state index in [1.54, 1.807) is 24.9 Å². The van der Waals surface area contributed by atoms with Crippen LogP contribution in [0.1, 0.15) is 36.8 Å². The zero-order valence-corrected chi connectivity index (χ0v) is 11.1. The van der Waals surface area contributed by atoms with Gasteiger partial charge in [0, 0.05) is 19.8 Å². The highest BCUT2D eigenvalue weighted by atomic mass is 16.3. The highest BCUT2D eigenvalue weighted by Gasteiger charge is 2.23. The van der Waals surface area contributed by atoms with Gasteiger partial charge in [0.05, 0.1) is 17.4 Å². The van der Waals surface area contributed by atoms with Crippen LogP contribution in [-0.2, 0) is 7.05 Å². The fourth-order valence-electron chi connectivity index (χ4n) is 1.41. The van der Waals surface area contributed by atoms with Crippen LogP contribution in [0.25, 0.3) is 0 Å². The van der Waals surface area contributed by atoms with Gasteiger partial charge in [-0.05, 0) is 12.3 Å². The average molecular weight is 239 g/mol. The number of rotatable bonds is 3. The lowest BCUT2D eigenvalue weighted by molar-refractivity contribution is 0.0586. The Kier molecular flexibility index (Phi) is 3.93. The van der Waals surface area contributed by atoms with Gasteiger partial charge in [0.2, 0.25) is 0 Å². The van der Waals surface area contributed by atoms with Crippen LogP contribution in [-0.4, -0.2) is 33.4 Å². The third-order valence-electron chi connectivity index (χ3n) is 2.71. The van der Waals surface area contributed by atoms with Crippen LogP contribution in [0.15, 0.2) is 6.20 Å². The van der Waals surface area contributed by atoms with E-state index >= 15 is 0 Å². The second-order valence-corrected chi connectivity index (χ2v) is 5.39. The maximum Gasteiger partial charge on any atom is 0.254 e. The topological polar surface area (TPSA) is 67.2 Å². The molecule has 0 saturated carbocycles. The molecule has 17 heavy (non-hydrogen) atoms. The summed E-state index contributed by atoms with van der Waals surface area (Å²) in [4.78, 5) is 11.8. The standard InChI is InChI=1S/C12H21N3O2/c1-8-9(7-15(5)14-8)11(17)13-6-10(16)12(2,3)4/h7,10,16H,6H2,1-5H3,(H,13,17). The molecule has 0 saturated heterocycles. The van der Waals surface area contributed by atoms with Gasteiger partial charge < -0.3 is 10.4 Å². The van der Waals surface area contributed by atoms with Gasteiger partial charge in [0.1, 0.15) is 0 Å². The lowest BCUT2D eigenvalue weighted by Crippen LogP contribution is -2.39. The van der Waals surface area contributed by atoms with E-state index < -0.39 is 6.10 Å². The second-order valence-electron chi connectivity index (χ2n) is 5.39. The molecule has 1 atom stereocenters. The lowest BCUT2D eigenvalue weighted by Gasteiger charge is -2.25. The first-order valence-corrected chi connectivity index (χ1v) is 5.68. The van der Waals surface area contributed by atoms with Gasteiger partial charge >= 0.3 is 0 Å². The van der Waals surface area contributed by atoms with E-state index in [0.29, 0.717) is 11.3 Å². The molecule has 1 aromatic rings. The number of hydrogen-bond acceptors (Lipinski definition) is 3. The molecule has 0 aliphatic heterocycles. The van der Waals surface area contributed by atoms with E-state index in [1.165, 1.54) is 0 Å². The molecule has 2 N–H and O–H groups in total. The van der Waals surface area contributed by atoms with Gasteiger partial charge in [0.15, 0.2) is 0 Å². The minimum Gasteiger partial charge on any atom is -0.391 e. The first-order chi connectivity index (χ1) is 7.71. The van der Waals surface area contributed by atoms with Crippen LogP contribution in [0.5, 0.6) is 0 Å². The minimum absolute atomic E-state index is 0.195. The van der Waals surface area contributed by atoms with Gasteiger partial charge in [-0.1, -0.05) is 20.8 Å². The van der Waals surface area contributed by atoms with Gasteiger partial charge in [0.25, 0.3) is 5.91 Å². The van der Waals surface area contributed by atoms with E-state index in [9.17, 15) is 9.90 Å². The molecular formula is C12H21N3O2. The highest BCUT2D eigenvalue weighted by Crippen LogP contribution is 2.18. The van der Waals surface area contributed by atoms with Crippen LogP contribution in [0.2, 0.25) is 0 Å². The van der Waals surface area contributed by atoms with Crippen molar-refractivity contribution in [1.29, 1.82) is 0 Å². The Bertz CT molecular complexity index is 404. The van der Waals surface area contributed by atoms with Crippen molar-refractivity contribution < 1.29 is 9.90 Å². The van der Waals surface area contributed by atoms with Gasteiger partial charge in [-0.3, -0.25) is 9.48 Å². The number of amides is 1. The number of aromatic nitrogens is 2. The number of aryl methyl sites for hydroxylation is 2. The second kappa shape index (κ2) is 4.87. The average Bonchev–Trinajstić information content (AvgIpc) is 2.52. The van der Waals surface area contributed by atoms with Crippen LogP contribution in [0.4, 0.5) is 0 Å². The Labute approximate surface area is 102 Å². The quantitative estimate of drug-likeness (QED) is 0.822. The summed E-state index contributed by atoms with van der Waals surface area (Å²) < 4.78 is 1.60. The van der Waals surface area contributed by atoms with Crippen molar-refractivity contribution in [2.75, 3.05) is 6.54 Å². The molecule has 0 spiro atoms. The first-order valence-electron chi connectivity index (χ1n) is 5.68. The van der Waals surface area contributed by atoms with E-state index in [4.69, 9.17) is 0 Å². The first kappa shape index (κ1) is 13.7. The monoisotopic (exact) mass is 239 g/mol. The van der Waals surface area contributed by atoms with Gasteiger partial charge in [-0.15, -0.1) is 0 Å². The molecule has 0 radical (unpaired) electrons. The third-order valence-corrected chi connectivity index (χ3v) is 2.71. The lowest BCUT2D eigenvalue weighted by atomic mass is 9.89. The van der Waals surface area contributed by atoms with Crippen molar-refractivity contribution in [2.24, 2.45) is 12.5 Å². The number of nitrogens with zero attached hydrogens (tertiary/aromatic N) is 2. The summed E-state index contributed by atoms with van der Waals surface area (Å²) in [6.07, 6.45) is 1.11. The molecule has 1 heterocycles. The van der Waals surface area contributed by atoms with Crippen LogP contribution >= 0.6 is 0 Å². The minimum atomic E-state index is -0.566. The SMILES string of the molecule is Cc1nn(C)cc1C(=O)NCC(O)C(C)(C)C. The molecule has 1 unspecified atom stereocenters. The molecular weight excluding hydrogens is 218 g/mol. The molecule has 96 valence electrons. The zero-order valence-electron chi connectivity index (χ0n) is 11.1. The van der Waals surface area contributed by atoms with Crippen molar-refractivity contribution in [2.45, 2.75) is 33.8 Å². The predicted octanol–water partition coefficient (Wildman–Crippen LogP) is 0.865. The van der Waals surface area contributed by atoms with Crippen molar-refractivity contribution in [1.82, 2.24) is 15.1 Å². The molecule has 0 fully saturated rings. The Hall–Kier alpha value is -1.36. The maximum absolute atomic E-state index is 11.8. The number of aliphatic hydroxyl groups excluding tert-OH is 1. The van der Waals surface area contributed by atoms with E-state index in [2.05, 4.69) is 10.4 Å². The molecule has 1 aromatic heterocycles. The molecule has 1 amide bonds. The Morgan fingerprint density at radius 3 is 2.59 bits per heavy atom. The smallest absolute Gasteiger partial charge is 0.254 e. The Morgan fingerprint density at radius 1 is 1.59 bits per heavy atom. The molecule has 0 aliphatic rings. The van der Waals surface area contributed by atoms with Crippen molar-refractivity contribution in [3.63, 3.8) is 0 Å². The summed E-state index contributed by atoms with van der Waals surface area (Å²) in [6, 6.07) is 0. The number of carbonyl (C=O) groups excluding carboxylic acids is 1. The predicted molar refractivity (Wildman–Crippen MR) is 65.7 cm³/mol. The largest absolute Gasteiger partial charge is 0.391 e. The third kappa shape index (κ3) is 3.56. The molecule has 0 bridgehead atoms. The van der Waals surface area contributed by atoms with Gasteiger partial charge in [-0.2, -0.15) is 5.10 Å². The maximum atomic E-state index is 11.8. The number of aliphatic hydroxyl groups is 1. The highest BCUT2D eigenvalue weighted by molar-refractivity contribution is 5.94. The van der Waals surface area contributed by atoms with Crippen molar-refractivity contribution in [3.05, 3.63) is 17.5 Å². The number of nitrogens with one attached hydrogen (secondary N) is 1. The summed E-state index contributed by atoms with van der Waals surface area (Å²) >= 11 is 0. The summed E-state index contributed by atoms with van der Waals surface area (Å²) in [5.74, 6) is -0.195. The molecule has 5 heteroatoms. The number of carbonyl (C=O) groups is 1. The summed E-state index contributed by atoms with van der Waals surface area (Å²) in [7, 11) is 1.77. The van der Waals surface area contributed by atoms with E-state index in [0.717, 1.165) is 0 Å². The van der Waals surface area contributed by atoms with Crippen molar-refractivity contribution in [3.8, 4) is 0 Å². The van der Waals surface area contributed by atoms with Crippen LogP contribution < -0.4 is 5.32 Å². The van der Waals surface area contributed by atoms with Crippen LogP contribution in [0.3, 0.4) is 0 Å². The molecule has 0 aromatic carbocycles. The Balaban J connectivity index is 2.60. The number of hydrogen-bond donors (Lipinski definition) is 2. The molecule has 1 rings (SSSR count). The van der Waals surface area contributed by atoms with E-state index in [-0.39, 0.29) is 17.9 Å². The fraction of sp³-hybridized carbons (Fsp3) is 0.667.